The van der Waals surface area contributed by atoms with Gasteiger partial charge < -0.3 is 10.1 Å². The first-order valence-corrected chi connectivity index (χ1v) is 9.59. The molecule has 1 heterocycles. The van der Waals surface area contributed by atoms with Crippen LogP contribution in [0.5, 0.6) is 0 Å². The summed E-state index contributed by atoms with van der Waals surface area (Å²) in [6.07, 6.45) is 0. The minimum absolute atomic E-state index is 0.276. The molecule has 0 aliphatic rings. The summed E-state index contributed by atoms with van der Waals surface area (Å²) in [6.45, 7) is 0. The summed E-state index contributed by atoms with van der Waals surface area (Å²) in [7, 11) is 1.30. The number of carbonyl (C=O) groups excluding carboxylic acids is 2. The van der Waals surface area contributed by atoms with E-state index >= 15 is 0 Å². The number of ether oxygens (including phenoxy) is 1. The second-order valence-electron chi connectivity index (χ2n) is 6.54. The summed E-state index contributed by atoms with van der Waals surface area (Å²) in [5, 5.41) is 4.07. The van der Waals surface area contributed by atoms with Crippen molar-refractivity contribution in [3.63, 3.8) is 0 Å². The number of aromatic nitrogens is 1. The van der Waals surface area contributed by atoms with Crippen molar-refractivity contribution in [1.82, 2.24) is 4.98 Å². The summed E-state index contributed by atoms with van der Waals surface area (Å²) < 4.78 is 4.81. The van der Waals surface area contributed by atoms with Crippen LogP contribution >= 0.6 is 11.6 Å². The third kappa shape index (κ3) is 3.75. The quantitative estimate of drug-likeness (QED) is 0.440. The third-order valence-electron chi connectivity index (χ3n) is 4.69. The Morgan fingerprint density at radius 3 is 2.40 bits per heavy atom. The molecule has 5 nitrogen and oxygen atoms in total. The van der Waals surface area contributed by atoms with E-state index < -0.39 is 5.97 Å². The lowest BCUT2D eigenvalue weighted by Gasteiger charge is -2.13. The molecule has 4 rings (SSSR count). The molecule has 1 amide bonds. The minimum Gasteiger partial charge on any atom is -0.465 e. The van der Waals surface area contributed by atoms with Crippen molar-refractivity contribution in [2.75, 3.05) is 12.4 Å². The summed E-state index contributed by atoms with van der Waals surface area (Å²) in [5.41, 5.74) is 3.06. The number of hydrogen-bond acceptors (Lipinski definition) is 4. The van der Waals surface area contributed by atoms with Crippen molar-refractivity contribution >= 4 is 40.1 Å². The SMILES string of the molecule is COC(=O)c1ccccc1NC(=O)c1cc(-c2ccccc2Cl)nc2ccccc12. The van der Waals surface area contributed by atoms with Crippen LogP contribution in [0.3, 0.4) is 0 Å². The Morgan fingerprint density at radius 2 is 1.60 bits per heavy atom. The molecule has 0 aliphatic carbocycles. The largest absolute Gasteiger partial charge is 0.465 e. The van der Waals surface area contributed by atoms with E-state index in [0.29, 0.717) is 32.9 Å². The minimum atomic E-state index is -0.526. The van der Waals surface area contributed by atoms with Gasteiger partial charge in [0.2, 0.25) is 0 Å². The van der Waals surface area contributed by atoms with Gasteiger partial charge in [0.1, 0.15) is 0 Å². The van der Waals surface area contributed by atoms with Gasteiger partial charge in [-0.3, -0.25) is 4.79 Å². The highest BCUT2D eigenvalue weighted by Gasteiger charge is 2.18. The maximum Gasteiger partial charge on any atom is 0.339 e. The fourth-order valence-corrected chi connectivity index (χ4v) is 3.47. The molecule has 1 N–H and O–H groups in total. The maximum atomic E-state index is 13.2. The zero-order valence-corrected chi connectivity index (χ0v) is 16.8. The fourth-order valence-electron chi connectivity index (χ4n) is 3.24. The molecule has 0 fully saturated rings. The average Bonchev–Trinajstić information content (AvgIpc) is 2.78. The Balaban J connectivity index is 1.82. The Hall–Kier alpha value is -3.70. The van der Waals surface area contributed by atoms with Gasteiger partial charge in [0.15, 0.2) is 0 Å². The molecule has 0 unspecified atom stereocenters. The Morgan fingerprint density at radius 1 is 0.900 bits per heavy atom. The van der Waals surface area contributed by atoms with Gasteiger partial charge in [0.25, 0.3) is 5.91 Å². The predicted molar refractivity (Wildman–Crippen MR) is 118 cm³/mol. The van der Waals surface area contributed by atoms with Crippen LogP contribution in [0.15, 0.2) is 78.9 Å². The fraction of sp³-hybridized carbons (Fsp3) is 0.0417. The number of halogens is 1. The molecular weight excluding hydrogens is 400 g/mol. The second-order valence-corrected chi connectivity index (χ2v) is 6.95. The van der Waals surface area contributed by atoms with Crippen LogP contribution < -0.4 is 5.32 Å². The summed E-state index contributed by atoms with van der Waals surface area (Å²) >= 11 is 6.35. The Bertz CT molecular complexity index is 1270. The first kappa shape index (κ1) is 19.6. The van der Waals surface area contributed by atoms with E-state index in [0.717, 1.165) is 5.56 Å². The van der Waals surface area contributed by atoms with Crippen molar-refractivity contribution in [2.24, 2.45) is 0 Å². The lowest BCUT2D eigenvalue weighted by Crippen LogP contribution is -2.16. The topological polar surface area (TPSA) is 68.3 Å². The van der Waals surface area contributed by atoms with Gasteiger partial charge in [-0.15, -0.1) is 0 Å². The van der Waals surface area contributed by atoms with Crippen LogP contribution in [0, 0.1) is 0 Å². The molecule has 30 heavy (non-hydrogen) atoms. The number of para-hydroxylation sites is 2. The number of rotatable bonds is 4. The Kier molecular flexibility index (Phi) is 5.46. The molecular formula is C24H17ClN2O3. The van der Waals surface area contributed by atoms with Gasteiger partial charge in [-0.25, -0.2) is 9.78 Å². The number of anilines is 1. The lowest BCUT2D eigenvalue weighted by molar-refractivity contribution is 0.0602. The van der Waals surface area contributed by atoms with Crippen LogP contribution in [0.2, 0.25) is 5.02 Å². The molecule has 0 spiro atoms. The summed E-state index contributed by atoms with van der Waals surface area (Å²) in [5.74, 6) is -0.888. The highest BCUT2D eigenvalue weighted by Crippen LogP contribution is 2.30. The van der Waals surface area contributed by atoms with Crippen LogP contribution in [-0.2, 0) is 4.74 Å². The number of benzene rings is 3. The van der Waals surface area contributed by atoms with E-state index in [1.807, 2.05) is 42.5 Å². The first-order chi connectivity index (χ1) is 14.6. The third-order valence-corrected chi connectivity index (χ3v) is 5.02. The molecule has 0 saturated carbocycles. The standard InChI is InChI=1S/C24H17ClN2O3/c1-30-24(29)17-10-4-7-13-21(17)27-23(28)18-14-22(16-9-2-5-11-19(16)25)26-20-12-6-3-8-15(18)20/h2-14H,1H3,(H,27,28). The number of pyridine rings is 1. The van der Waals surface area contributed by atoms with Crippen LogP contribution in [0.4, 0.5) is 5.69 Å². The average molecular weight is 417 g/mol. The number of nitrogens with zero attached hydrogens (tertiary/aromatic N) is 1. The van der Waals surface area contributed by atoms with Gasteiger partial charge in [-0.2, -0.15) is 0 Å². The molecule has 6 heteroatoms. The van der Waals surface area contributed by atoms with Crippen LogP contribution in [0.1, 0.15) is 20.7 Å². The van der Waals surface area contributed by atoms with Gasteiger partial charge in [-0.05, 0) is 30.3 Å². The van der Waals surface area contributed by atoms with E-state index in [9.17, 15) is 9.59 Å². The molecule has 1 aromatic heterocycles. The van der Waals surface area contributed by atoms with E-state index in [-0.39, 0.29) is 11.5 Å². The van der Waals surface area contributed by atoms with Crippen molar-refractivity contribution in [1.29, 1.82) is 0 Å². The number of amides is 1. The monoisotopic (exact) mass is 416 g/mol. The van der Waals surface area contributed by atoms with E-state index in [1.54, 1.807) is 36.4 Å². The van der Waals surface area contributed by atoms with E-state index in [4.69, 9.17) is 16.3 Å². The molecule has 0 radical (unpaired) electrons. The zero-order chi connectivity index (χ0) is 21.1. The van der Waals surface area contributed by atoms with E-state index in [1.165, 1.54) is 7.11 Å². The molecule has 3 aromatic carbocycles. The molecule has 0 atom stereocenters. The van der Waals surface area contributed by atoms with Crippen LogP contribution in [0.25, 0.3) is 22.2 Å². The van der Waals surface area contributed by atoms with Crippen molar-refractivity contribution in [2.45, 2.75) is 0 Å². The smallest absolute Gasteiger partial charge is 0.339 e. The molecule has 0 aliphatic heterocycles. The predicted octanol–water partition coefficient (Wildman–Crippen LogP) is 5.59. The molecule has 0 saturated heterocycles. The van der Waals surface area contributed by atoms with Crippen molar-refractivity contribution in [3.05, 3.63) is 95.0 Å². The molecule has 148 valence electrons. The number of hydrogen-bond donors (Lipinski definition) is 1. The highest BCUT2D eigenvalue weighted by molar-refractivity contribution is 6.33. The van der Waals surface area contributed by atoms with Gasteiger partial charge in [0, 0.05) is 16.0 Å². The van der Waals surface area contributed by atoms with E-state index in [2.05, 4.69) is 10.3 Å². The number of carbonyl (C=O) groups is 2. The number of methoxy groups -OCH3 is 1. The van der Waals surface area contributed by atoms with Crippen LogP contribution in [-0.4, -0.2) is 24.0 Å². The second kappa shape index (κ2) is 8.35. The maximum absolute atomic E-state index is 13.2. The van der Waals surface area contributed by atoms with Gasteiger partial charge in [0.05, 0.1) is 35.1 Å². The van der Waals surface area contributed by atoms with Gasteiger partial charge >= 0.3 is 5.97 Å². The Labute approximate surface area is 178 Å². The normalized spacial score (nSPS) is 10.6. The summed E-state index contributed by atoms with van der Waals surface area (Å²) in [4.78, 5) is 30.0. The number of fused-ring (bicyclic) bond motifs is 1. The summed E-state index contributed by atoms with van der Waals surface area (Å²) in [6, 6.07) is 23.1. The number of nitrogens with one attached hydrogen (secondary N) is 1. The number of esters is 1. The highest BCUT2D eigenvalue weighted by atomic mass is 35.5. The van der Waals surface area contributed by atoms with Gasteiger partial charge in [-0.1, -0.05) is 60.1 Å². The first-order valence-electron chi connectivity index (χ1n) is 9.22. The molecule has 4 aromatic rings. The zero-order valence-electron chi connectivity index (χ0n) is 16.1. The van der Waals surface area contributed by atoms with Crippen molar-refractivity contribution < 1.29 is 14.3 Å². The molecule has 0 bridgehead atoms. The van der Waals surface area contributed by atoms with Crippen molar-refractivity contribution in [3.8, 4) is 11.3 Å². The lowest BCUT2D eigenvalue weighted by atomic mass is 10.0.